The Balaban J connectivity index is 2.84. The van der Waals surface area contributed by atoms with E-state index in [4.69, 9.17) is 9.47 Å². The van der Waals surface area contributed by atoms with Crippen LogP contribution in [0.4, 0.5) is 0 Å². The number of ether oxygens (including phenoxy) is 2. The maximum atomic E-state index is 5.36. The van der Waals surface area contributed by atoms with Gasteiger partial charge < -0.3 is 9.47 Å². The monoisotopic (exact) mass is 178 g/mol. The predicted molar refractivity (Wildman–Crippen MR) is 53.7 cm³/mol. The second kappa shape index (κ2) is 4.67. The molecular formula is C11H14O2. The Bertz CT molecular complexity index is 292. The zero-order valence-electron chi connectivity index (χ0n) is 8.04. The fourth-order valence-electron chi connectivity index (χ4n) is 1.07. The molecule has 0 aliphatic carbocycles. The van der Waals surface area contributed by atoms with Gasteiger partial charge in [-0.15, -0.1) is 0 Å². The molecule has 0 aliphatic heterocycles. The molecule has 0 spiro atoms. The Kier molecular flexibility index (Phi) is 3.53. The molecule has 0 atom stereocenters. The lowest BCUT2D eigenvalue weighted by atomic mass is 10.1. The molecule has 0 saturated heterocycles. The van der Waals surface area contributed by atoms with Crippen LogP contribution in [0.2, 0.25) is 0 Å². The van der Waals surface area contributed by atoms with Crippen molar-refractivity contribution in [1.82, 2.24) is 0 Å². The van der Waals surface area contributed by atoms with Crippen LogP contribution in [0, 0.1) is 0 Å². The van der Waals surface area contributed by atoms with Crippen molar-refractivity contribution in [2.45, 2.75) is 6.92 Å². The van der Waals surface area contributed by atoms with E-state index in [0.29, 0.717) is 0 Å². The fourth-order valence-corrected chi connectivity index (χ4v) is 1.07. The van der Waals surface area contributed by atoms with Crippen LogP contribution in [0.1, 0.15) is 12.5 Å². The van der Waals surface area contributed by atoms with Crippen LogP contribution in [-0.4, -0.2) is 13.9 Å². The van der Waals surface area contributed by atoms with Crippen molar-refractivity contribution >= 4 is 5.57 Å². The quantitative estimate of drug-likeness (QED) is 0.660. The summed E-state index contributed by atoms with van der Waals surface area (Å²) in [6.45, 7) is 6.09. The molecule has 0 aromatic heterocycles. The number of rotatable bonds is 4. The van der Waals surface area contributed by atoms with Crippen LogP contribution < -0.4 is 4.74 Å². The molecule has 70 valence electrons. The van der Waals surface area contributed by atoms with Crippen LogP contribution in [0.5, 0.6) is 5.75 Å². The Morgan fingerprint density at radius 1 is 1.38 bits per heavy atom. The molecule has 0 N–H and O–H groups in total. The van der Waals surface area contributed by atoms with Gasteiger partial charge in [-0.2, -0.15) is 0 Å². The van der Waals surface area contributed by atoms with Gasteiger partial charge >= 0.3 is 0 Å². The summed E-state index contributed by atoms with van der Waals surface area (Å²) >= 11 is 0. The zero-order chi connectivity index (χ0) is 9.68. The Morgan fingerprint density at radius 2 is 2.08 bits per heavy atom. The van der Waals surface area contributed by atoms with E-state index < -0.39 is 0 Å². The van der Waals surface area contributed by atoms with Crippen molar-refractivity contribution in [2.24, 2.45) is 0 Å². The fraction of sp³-hybridized carbons (Fsp3) is 0.273. The highest BCUT2D eigenvalue weighted by Crippen LogP contribution is 2.23. The first-order valence-electron chi connectivity index (χ1n) is 4.12. The summed E-state index contributed by atoms with van der Waals surface area (Å²) in [5.74, 6) is 0.817. The van der Waals surface area contributed by atoms with Crippen LogP contribution in [0.25, 0.3) is 5.57 Å². The first kappa shape index (κ1) is 9.81. The molecule has 1 aromatic carbocycles. The largest absolute Gasteiger partial charge is 0.467 e. The lowest BCUT2D eigenvalue weighted by Crippen LogP contribution is -2.00. The normalized spacial score (nSPS) is 9.69. The van der Waals surface area contributed by atoms with Crippen LogP contribution in [0.15, 0.2) is 30.8 Å². The summed E-state index contributed by atoms with van der Waals surface area (Å²) in [4.78, 5) is 0. The van der Waals surface area contributed by atoms with Gasteiger partial charge in [0.2, 0.25) is 0 Å². The third kappa shape index (κ3) is 2.60. The average Bonchev–Trinajstić information content (AvgIpc) is 2.15. The highest BCUT2D eigenvalue weighted by atomic mass is 16.7. The average molecular weight is 178 g/mol. The molecule has 0 heterocycles. The third-order valence-corrected chi connectivity index (χ3v) is 1.68. The van der Waals surface area contributed by atoms with E-state index in [9.17, 15) is 0 Å². The molecule has 0 radical (unpaired) electrons. The third-order valence-electron chi connectivity index (χ3n) is 1.68. The number of hydrogen-bond acceptors (Lipinski definition) is 2. The lowest BCUT2D eigenvalue weighted by molar-refractivity contribution is 0.0509. The molecule has 0 aliphatic rings. The topological polar surface area (TPSA) is 18.5 Å². The van der Waals surface area contributed by atoms with E-state index in [1.165, 1.54) is 0 Å². The second-order valence-electron chi connectivity index (χ2n) is 2.83. The van der Waals surface area contributed by atoms with E-state index in [-0.39, 0.29) is 6.79 Å². The minimum atomic E-state index is 0.268. The molecule has 0 amide bonds. The molecule has 0 saturated carbocycles. The number of allylic oxidation sites excluding steroid dienone is 1. The summed E-state index contributed by atoms with van der Waals surface area (Å²) in [5.41, 5.74) is 2.02. The van der Waals surface area contributed by atoms with Crippen LogP contribution >= 0.6 is 0 Å². The molecule has 2 heteroatoms. The highest BCUT2D eigenvalue weighted by Gasteiger charge is 2.01. The maximum Gasteiger partial charge on any atom is 0.188 e. The van der Waals surface area contributed by atoms with Crippen LogP contribution in [0.3, 0.4) is 0 Å². The van der Waals surface area contributed by atoms with Gasteiger partial charge in [0, 0.05) is 12.7 Å². The molecule has 0 fully saturated rings. The van der Waals surface area contributed by atoms with Gasteiger partial charge in [0.25, 0.3) is 0 Å². The van der Waals surface area contributed by atoms with E-state index in [1.54, 1.807) is 7.11 Å². The molecule has 13 heavy (non-hydrogen) atoms. The van der Waals surface area contributed by atoms with Gasteiger partial charge in [-0.25, -0.2) is 0 Å². The van der Waals surface area contributed by atoms with E-state index in [1.807, 2.05) is 31.2 Å². The SMILES string of the molecule is C=C(C)c1ccccc1OCOC. The highest BCUT2D eigenvalue weighted by molar-refractivity contribution is 5.66. The molecule has 2 nitrogen and oxygen atoms in total. The molecule has 0 bridgehead atoms. The van der Waals surface area contributed by atoms with Crippen molar-refractivity contribution in [3.8, 4) is 5.75 Å². The van der Waals surface area contributed by atoms with Gasteiger partial charge in [-0.05, 0) is 18.6 Å². The summed E-state index contributed by atoms with van der Waals surface area (Å²) in [5, 5.41) is 0. The molecule has 1 aromatic rings. The summed E-state index contributed by atoms with van der Waals surface area (Å²) in [6, 6.07) is 7.78. The van der Waals surface area contributed by atoms with Crippen molar-refractivity contribution < 1.29 is 9.47 Å². The molecule has 1 rings (SSSR count). The number of hydrogen-bond donors (Lipinski definition) is 0. The first-order valence-corrected chi connectivity index (χ1v) is 4.12. The standard InChI is InChI=1S/C11H14O2/c1-9(2)10-6-4-5-7-11(10)13-8-12-3/h4-7H,1,8H2,2-3H3. The van der Waals surface area contributed by atoms with Crippen molar-refractivity contribution in [2.75, 3.05) is 13.9 Å². The lowest BCUT2D eigenvalue weighted by Gasteiger charge is -2.09. The predicted octanol–water partition coefficient (Wildman–Crippen LogP) is 2.70. The second-order valence-corrected chi connectivity index (χ2v) is 2.83. The number of para-hydroxylation sites is 1. The van der Waals surface area contributed by atoms with E-state index in [2.05, 4.69) is 6.58 Å². The van der Waals surface area contributed by atoms with Gasteiger partial charge in [-0.1, -0.05) is 24.8 Å². The van der Waals surface area contributed by atoms with E-state index >= 15 is 0 Å². The number of methoxy groups -OCH3 is 1. The van der Waals surface area contributed by atoms with Gasteiger partial charge in [-0.3, -0.25) is 0 Å². The first-order chi connectivity index (χ1) is 6.25. The summed E-state index contributed by atoms with van der Waals surface area (Å²) < 4.78 is 10.2. The zero-order valence-corrected chi connectivity index (χ0v) is 8.04. The van der Waals surface area contributed by atoms with Gasteiger partial charge in [0.1, 0.15) is 5.75 Å². The van der Waals surface area contributed by atoms with Gasteiger partial charge in [0.15, 0.2) is 6.79 Å². The van der Waals surface area contributed by atoms with Crippen LogP contribution in [-0.2, 0) is 4.74 Å². The Labute approximate surface area is 78.8 Å². The minimum absolute atomic E-state index is 0.268. The molecular weight excluding hydrogens is 164 g/mol. The Hall–Kier alpha value is -1.28. The van der Waals surface area contributed by atoms with E-state index in [0.717, 1.165) is 16.9 Å². The number of benzene rings is 1. The maximum absolute atomic E-state index is 5.36. The smallest absolute Gasteiger partial charge is 0.188 e. The Morgan fingerprint density at radius 3 is 2.69 bits per heavy atom. The minimum Gasteiger partial charge on any atom is -0.467 e. The summed E-state index contributed by atoms with van der Waals surface area (Å²) in [6.07, 6.45) is 0. The summed E-state index contributed by atoms with van der Waals surface area (Å²) in [7, 11) is 1.60. The van der Waals surface area contributed by atoms with Gasteiger partial charge in [0.05, 0.1) is 0 Å². The van der Waals surface area contributed by atoms with Crippen molar-refractivity contribution in [1.29, 1.82) is 0 Å². The molecule has 0 unspecified atom stereocenters. The van der Waals surface area contributed by atoms with Crippen molar-refractivity contribution in [3.05, 3.63) is 36.4 Å². The van der Waals surface area contributed by atoms with Crippen molar-refractivity contribution in [3.63, 3.8) is 0 Å².